The third-order valence-corrected chi connectivity index (χ3v) is 2.08. The van der Waals surface area contributed by atoms with E-state index in [2.05, 4.69) is 10.3 Å². The van der Waals surface area contributed by atoms with Crippen LogP contribution >= 0.6 is 0 Å². The number of hydrogen-bond donors (Lipinski definition) is 1. The molecule has 2 rings (SSSR count). The van der Waals surface area contributed by atoms with Gasteiger partial charge in [-0.25, -0.2) is 4.39 Å². The summed E-state index contributed by atoms with van der Waals surface area (Å²) < 4.78 is 13.3. The number of nitrogens with one attached hydrogen (secondary N) is 1. The topological polar surface area (TPSA) is 48.7 Å². The molecule has 1 N–H and O–H groups in total. The average molecular weight is 213 g/mol. The maximum absolute atomic E-state index is 13.3. The highest BCUT2D eigenvalue weighted by Gasteiger charge is 2.04. The molecule has 0 unspecified atom stereocenters. The highest BCUT2D eigenvalue weighted by Crippen LogP contribution is 2.21. The molecule has 0 fully saturated rings. The summed E-state index contributed by atoms with van der Waals surface area (Å²) in [5, 5.41) is 11.7. The molecule has 2 aromatic rings. The zero-order chi connectivity index (χ0) is 11.4. The molecule has 0 aliphatic carbocycles. The molecule has 78 valence electrons. The van der Waals surface area contributed by atoms with Crippen LogP contribution in [0.4, 0.5) is 15.8 Å². The molecule has 1 aromatic carbocycles. The third kappa shape index (κ3) is 1.98. The molecule has 4 heteroatoms. The molecule has 0 radical (unpaired) electrons. The van der Waals surface area contributed by atoms with E-state index in [1.54, 1.807) is 24.3 Å². The Hall–Kier alpha value is -2.41. The number of pyridine rings is 1. The molecule has 1 aromatic heterocycles. The van der Waals surface area contributed by atoms with Crippen LogP contribution in [0.25, 0.3) is 0 Å². The van der Waals surface area contributed by atoms with E-state index >= 15 is 0 Å². The SMILES string of the molecule is N#Cc1ccncc1Nc1ccccc1F. The van der Waals surface area contributed by atoms with Crippen molar-refractivity contribution in [3.05, 3.63) is 54.1 Å². The van der Waals surface area contributed by atoms with Gasteiger partial charge in [-0.05, 0) is 18.2 Å². The fourth-order valence-corrected chi connectivity index (χ4v) is 1.30. The Kier molecular flexibility index (Phi) is 2.79. The Bertz CT molecular complexity index is 546. The maximum atomic E-state index is 13.3. The van der Waals surface area contributed by atoms with E-state index < -0.39 is 0 Å². The van der Waals surface area contributed by atoms with E-state index in [4.69, 9.17) is 5.26 Å². The van der Waals surface area contributed by atoms with E-state index in [1.807, 2.05) is 6.07 Å². The minimum Gasteiger partial charge on any atom is -0.351 e. The normalized spacial score (nSPS) is 9.50. The van der Waals surface area contributed by atoms with Crippen LogP contribution in [0.2, 0.25) is 0 Å². The third-order valence-electron chi connectivity index (χ3n) is 2.08. The lowest BCUT2D eigenvalue weighted by Crippen LogP contribution is -1.96. The number of halogens is 1. The van der Waals surface area contributed by atoms with Crippen LogP contribution in [-0.4, -0.2) is 4.98 Å². The van der Waals surface area contributed by atoms with Gasteiger partial charge in [-0.15, -0.1) is 0 Å². The van der Waals surface area contributed by atoms with Gasteiger partial charge < -0.3 is 5.32 Å². The van der Waals surface area contributed by atoms with Crippen LogP contribution in [0, 0.1) is 17.1 Å². The van der Waals surface area contributed by atoms with E-state index in [-0.39, 0.29) is 5.82 Å². The van der Waals surface area contributed by atoms with Crippen LogP contribution in [0.1, 0.15) is 5.56 Å². The minimum atomic E-state index is -0.366. The Morgan fingerprint density at radius 2 is 2.00 bits per heavy atom. The molecule has 1 heterocycles. The first-order valence-electron chi connectivity index (χ1n) is 4.67. The Morgan fingerprint density at radius 3 is 2.75 bits per heavy atom. The standard InChI is InChI=1S/C12H8FN3/c13-10-3-1-2-4-11(10)16-12-8-15-6-5-9(12)7-14/h1-6,8,16H. The summed E-state index contributed by atoms with van der Waals surface area (Å²) in [7, 11) is 0. The molecule has 16 heavy (non-hydrogen) atoms. The van der Waals surface area contributed by atoms with E-state index in [1.165, 1.54) is 18.5 Å². The van der Waals surface area contributed by atoms with Crippen molar-refractivity contribution in [3.8, 4) is 6.07 Å². The summed E-state index contributed by atoms with van der Waals surface area (Å²) in [6, 6.07) is 9.86. The summed E-state index contributed by atoms with van der Waals surface area (Å²) in [5.41, 5.74) is 1.25. The minimum absolute atomic E-state index is 0.326. The van der Waals surface area contributed by atoms with Gasteiger partial charge in [0.25, 0.3) is 0 Å². The second-order valence-electron chi connectivity index (χ2n) is 3.14. The lowest BCUT2D eigenvalue weighted by Gasteiger charge is -2.07. The van der Waals surface area contributed by atoms with Crippen LogP contribution in [-0.2, 0) is 0 Å². The van der Waals surface area contributed by atoms with Gasteiger partial charge in [0.15, 0.2) is 0 Å². The number of para-hydroxylation sites is 1. The first kappa shape index (κ1) is 10.1. The summed E-state index contributed by atoms with van der Waals surface area (Å²) >= 11 is 0. The Balaban J connectivity index is 2.35. The Morgan fingerprint density at radius 1 is 1.19 bits per heavy atom. The van der Waals surface area contributed by atoms with E-state index in [0.717, 1.165) is 0 Å². The van der Waals surface area contributed by atoms with Crippen molar-refractivity contribution in [1.82, 2.24) is 4.98 Å². The number of aromatic nitrogens is 1. The molecular weight excluding hydrogens is 205 g/mol. The van der Waals surface area contributed by atoms with Crippen LogP contribution in [0.5, 0.6) is 0 Å². The van der Waals surface area contributed by atoms with Crippen molar-refractivity contribution in [1.29, 1.82) is 5.26 Å². The van der Waals surface area contributed by atoms with Gasteiger partial charge in [0.1, 0.15) is 11.9 Å². The van der Waals surface area contributed by atoms with Crippen molar-refractivity contribution < 1.29 is 4.39 Å². The second-order valence-corrected chi connectivity index (χ2v) is 3.14. The maximum Gasteiger partial charge on any atom is 0.146 e. The van der Waals surface area contributed by atoms with Gasteiger partial charge in [0.2, 0.25) is 0 Å². The molecule has 0 amide bonds. The first-order valence-corrected chi connectivity index (χ1v) is 4.67. The highest BCUT2D eigenvalue weighted by molar-refractivity contribution is 5.65. The number of rotatable bonds is 2. The van der Waals surface area contributed by atoms with Crippen molar-refractivity contribution in [3.63, 3.8) is 0 Å². The quantitative estimate of drug-likeness (QED) is 0.834. The summed E-state index contributed by atoms with van der Waals surface area (Å²) in [5.74, 6) is -0.366. The monoisotopic (exact) mass is 213 g/mol. The molecule has 0 atom stereocenters. The zero-order valence-electron chi connectivity index (χ0n) is 8.31. The lowest BCUT2D eigenvalue weighted by molar-refractivity contribution is 0.632. The number of anilines is 2. The molecule has 0 aliphatic rings. The van der Waals surface area contributed by atoms with Gasteiger partial charge in [-0.1, -0.05) is 12.1 Å². The summed E-state index contributed by atoms with van der Waals surface area (Å²) in [6.07, 6.45) is 3.01. The van der Waals surface area contributed by atoms with Crippen LogP contribution in [0.3, 0.4) is 0 Å². The fraction of sp³-hybridized carbons (Fsp3) is 0. The second kappa shape index (κ2) is 4.41. The molecule has 0 spiro atoms. The van der Waals surface area contributed by atoms with E-state index in [0.29, 0.717) is 16.9 Å². The zero-order valence-corrected chi connectivity index (χ0v) is 8.31. The van der Waals surface area contributed by atoms with Gasteiger partial charge in [-0.3, -0.25) is 4.98 Å². The van der Waals surface area contributed by atoms with Gasteiger partial charge in [0.05, 0.1) is 23.1 Å². The predicted octanol–water partition coefficient (Wildman–Crippen LogP) is 2.84. The van der Waals surface area contributed by atoms with Crippen molar-refractivity contribution in [2.45, 2.75) is 0 Å². The largest absolute Gasteiger partial charge is 0.351 e. The number of hydrogen-bond acceptors (Lipinski definition) is 3. The van der Waals surface area contributed by atoms with Crippen LogP contribution < -0.4 is 5.32 Å². The highest BCUT2D eigenvalue weighted by atomic mass is 19.1. The summed E-state index contributed by atoms with van der Waals surface area (Å²) in [6.45, 7) is 0. The first-order chi connectivity index (χ1) is 7.81. The van der Waals surface area contributed by atoms with Gasteiger partial charge in [0, 0.05) is 6.20 Å². The van der Waals surface area contributed by atoms with Gasteiger partial charge >= 0.3 is 0 Å². The van der Waals surface area contributed by atoms with Crippen molar-refractivity contribution in [2.24, 2.45) is 0 Å². The fourth-order valence-electron chi connectivity index (χ4n) is 1.30. The lowest BCUT2D eigenvalue weighted by atomic mass is 10.2. The summed E-state index contributed by atoms with van der Waals surface area (Å²) in [4.78, 5) is 3.88. The number of nitrogens with zero attached hydrogens (tertiary/aromatic N) is 2. The molecule has 3 nitrogen and oxygen atoms in total. The van der Waals surface area contributed by atoms with Crippen LogP contribution in [0.15, 0.2) is 42.7 Å². The molecule has 0 aliphatic heterocycles. The number of benzene rings is 1. The molecular formula is C12H8FN3. The smallest absolute Gasteiger partial charge is 0.146 e. The molecule has 0 saturated heterocycles. The average Bonchev–Trinajstić information content (AvgIpc) is 2.33. The number of nitriles is 1. The van der Waals surface area contributed by atoms with Gasteiger partial charge in [-0.2, -0.15) is 5.26 Å². The van der Waals surface area contributed by atoms with Crippen molar-refractivity contribution >= 4 is 11.4 Å². The molecule has 0 saturated carbocycles. The van der Waals surface area contributed by atoms with Crippen molar-refractivity contribution in [2.75, 3.05) is 5.32 Å². The Labute approximate surface area is 92.2 Å². The van der Waals surface area contributed by atoms with E-state index in [9.17, 15) is 4.39 Å². The predicted molar refractivity (Wildman–Crippen MR) is 58.6 cm³/mol. The molecule has 0 bridgehead atoms.